The van der Waals surface area contributed by atoms with Gasteiger partial charge in [0.15, 0.2) is 5.13 Å². The summed E-state index contributed by atoms with van der Waals surface area (Å²) in [5, 5.41) is 14.5. The molecule has 2 amide bonds. The Morgan fingerprint density at radius 1 is 1.41 bits per heavy atom. The van der Waals surface area contributed by atoms with Crippen LogP contribution in [0.25, 0.3) is 0 Å². The monoisotopic (exact) mass is 319 g/mol. The van der Waals surface area contributed by atoms with Crippen LogP contribution in [0.2, 0.25) is 0 Å². The van der Waals surface area contributed by atoms with Gasteiger partial charge in [-0.2, -0.15) is 0 Å². The van der Waals surface area contributed by atoms with Crippen molar-refractivity contribution >= 4 is 28.3 Å². The Morgan fingerprint density at radius 2 is 2.14 bits per heavy atom. The molecular formula is C15H17N3O3S. The van der Waals surface area contributed by atoms with Gasteiger partial charge in [0.05, 0.1) is 17.7 Å². The lowest BCUT2D eigenvalue weighted by Gasteiger charge is -2.09. The van der Waals surface area contributed by atoms with E-state index in [0.29, 0.717) is 10.8 Å². The number of aromatic nitrogens is 1. The molecule has 0 atom stereocenters. The van der Waals surface area contributed by atoms with Crippen LogP contribution in [0, 0.1) is 0 Å². The van der Waals surface area contributed by atoms with E-state index < -0.39 is 11.8 Å². The fourth-order valence-corrected chi connectivity index (χ4v) is 2.59. The summed E-state index contributed by atoms with van der Waals surface area (Å²) in [7, 11) is 0. The molecule has 0 saturated heterocycles. The van der Waals surface area contributed by atoms with Crippen molar-refractivity contribution < 1.29 is 14.7 Å². The molecule has 1 aromatic carbocycles. The van der Waals surface area contributed by atoms with Crippen LogP contribution in [0.1, 0.15) is 41.4 Å². The molecule has 0 unspecified atom stereocenters. The van der Waals surface area contributed by atoms with Gasteiger partial charge in [-0.15, -0.1) is 11.3 Å². The molecule has 7 heteroatoms. The van der Waals surface area contributed by atoms with Crippen molar-refractivity contribution in [2.75, 3.05) is 5.32 Å². The number of primary amides is 1. The van der Waals surface area contributed by atoms with E-state index in [2.05, 4.69) is 10.3 Å². The van der Waals surface area contributed by atoms with Crippen LogP contribution >= 0.6 is 11.3 Å². The summed E-state index contributed by atoms with van der Waals surface area (Å²) >= 11 is 1.20. The average molecular weight is 319 g/mol. The number of anilines is 1. The number of nitrogens with zero attached hydrogens (tertiary/aromatic N) is 1. The van der Waals surface area contributed by atoms with Gasteiger partial charge in [0.1, 0.15) is 5.75 Å². The number of nitrogens with two attached hydrogens (primary N) is 1. The molecule has 0 fully saturated rings. The molecule has 0 saturated carbocycles. The van der Waals surface area contributed by atoms with E-state index >= 15 is 0 Å². The molecule has 1 aromatic heterocycles. The summed E-state index contributed by atoms with van der Waals surface area (Å²) < 4.78 is 0. The fourth-order valence-electron chi connectivity index (χ4n) is 1.88. The highest BCUT2D eigenvalue weighted by molar-refractivity contribution is 7.14. The number of hydrogen-bond donors (Lipinski definition) is 3. The maximum atomic E-state index is 12.2. The maximum absolute atomic E-state index is 12.2. The third kappa shape index (κ3) is 3.82. The van der Waals surface area contributed by atoms with Crippen molar-refractivity contribution in [3.8, 4) is 5.75 Å². The molecule has 0 bridgehead atoms. The molecule has 0 aliphatic rings. The predicted molar refractivity (Wildman–Crippen MR) is 85.2 cm³/mol. The number of carbonyl (C=O) groups is 2. The average Bonchev–Trinajstić information content (AvgIpc) is 2.85. The van der Waals surface area contributed by atoms with Crippen LogP contribution in [-0.2, 0) is 11.2 Å². The largest absolute Gasteiger partial charge is 0.507 e. The van der Waals surface area contributed by atoms with Gasteiger partial charge in [-0.1, -0.05) is 19.9 Å². The second-order valence-electron chi connectivity index (χ2n) is 5.17. The zero-order valence-corrected chi connectivity index (χ0v) is 13.1. The molecule has 2 rings (SSSR count). The number of aromatic hydroxyl groups is 1. The lowest BCUT2D eigenvalue weighted by atomic mass is 10.00. The molecule has 0 spiro atoms. The van der Waals surface area contributed by atoms with Crippen molar-refractivity contribution in [2.24, 2.45) is 5.73 Å². The van der Waals surface area contributed by atoms with E-state index in [1.165, 1.54) is 17.4 Å². The number of phenols is 1. The zero-order valence-electron chi connectivity index (χ0n) is 12.3. The summed E-state index contributed by atoms with van der Waals surface area (Å²) in [4.78, 5) is 27.2. The molecule has 4 N–H and O–H groups in total. The van der Waals surface area contributed by atoms with Crippen LogP contribution < -0.4 is 11.1 Å². The predicted octanol–water partition coefficient (Wildman–Crippen LogP) is 2.25. The number of hydrogen-bond acceptors (Lipinski definition) is 5. The minimum absolute atomic E-state index is 0.0282. The first-order valence-corrected chi connectivity index (χ1v) is 7.61. The van der Waals surface area contributed by atoms with Gasteiger partial charge in [-0.25, -0.2) is 4.98 Å². The van der Waals surface area contributed by atoms with Crippen molar-refractivity contribution in [3.63, 3.8) is 0 Å². The van der Waals surface area contributed by atoms with Gasteiger partial charge in [0.25, 0.3) is 5.91 Å². The van der Waals surface area contributed by atoms with Crippen molar-refractivity contribution in [2.45, 2.75) is 26.2 Å². The number of thiazole rings is 1. The van der Waals surface area contributed by atoms with E-state index in [-0.39, 0.29) is 23.7 Å². The first kappa shape index (κ1) is 16.0. The second-order valence-corrected chi connectivity index (χ2v) is 6.03. The number of amides is 2. The highest BCUT2D eigenvalue weighted by atomic mass is 32.1. The van der Waals surface area contributed by atoms with Gasteiger partial charge in [-0.05, 0) is 23.6 Å². The molecule has 6 nitrogen and oxygen atoms in total. The number of carbonyl (C=O) groups excluding carboxylic acids is 2. The van der Waals surface area contributed by atoms with Crippen LogP contribution in [-0.4, -0.2) is 21.9 Å². The Kier molecular flexibility index (Phi) is 4.77. The Bertz CT molecular complexity index is 710. The Hall–Kier alpha value is -2.41. The normalized spacial score (nSPS) is 10.7. The van der Waals surface area contributed by atoms with Crippen molar-refractivity contribution in [3.05, 3.63) is 40.4 Å². The van der Waals surface area contributed by atoms with Gasteiger partial charge in [-0.3, -0.25) is 14.9 Å². The third-order valence-corrected chi connectivity index (χ3v) is 3.87. The van der Waals surface area contributed by atoms with Crippen LogP contribution in [0.15, 0.2) is 23.6 Å². The third-order valence-electron chi connectivity index (χ3n) is 3.06. The molecule has 0 aliphatic heterocycles. The number of benzene rings is 1. The lowest BCUT2D eigenvalue weighted by molar-refractivity contribution is -0.117. The van der Waals surface area contributed by atoms with Gasteiger partial charge >= 0.3 is 0 Å². The molecule has 0 aliphatic carbocycles. The minimum Gasteiger partial charge on any atom is -0.507 e. The number of phenolic OH excluding ortho intramolecular Hbond substituents is 1. The number of nitrogens with one attached hydrogen (secondary N) is 1. The smallest absolute Gasteiger partial charge is 0.261 e. The zero-order chi connectivity index (χ0) is 16.3. The Morgan fingerprint density at radius 3 is 2.77 bits per heavy atom. The van der Waals surface area contributed by atoms with E-state index in [1.54, 1.807) is 17.5 Å². The summed E-state index contributed by atoms with van der Waals surface area (Å²) in [6.07, 6.45) is 0.0282. The van der Waals surface area contributed by atoms with Crippen LogP contribution in [0.4, 0.5) is 5.13 Å². The van der Waals surface area contributed by atoms with Crippen LogP contribution in [0.3, 0.4) is 0 Å². The lowest BCUT2D eigenvalue weighted by Crippen LogP contribution is -2.15. The first-order chi connectivity index (χ1) is 10.4. The maximum Gasteiger partial charge on any atom is 0.261 e. The molecule has 0 radical (unpaired) electrons. The summed E-state index contributed by atoms with van der Waals surface area (Å²) in [6, 6.07) is 4.95. The van der Waals surface area contributed by atoms with Crippen LogP contribution in [0.5, 0.6) is 5.75 Å². The van der Waals surface area contributed by atoms with E-state index in [1.807, 2.05) is 13.8 Å². The first-order valence-electron chi connectivity index (χ1n) is 6.73. The van der Waals surface area contributed by atoms with Crippen molar-refractivity contribution in [1.82, 2.24) is 4.98 Å². The number of rotatable bonds is 5. The Labute approximate surface area is 132 Å². The summed E-state index contributed by atoms with van der Waals surface area (Å²) in [5.41, 5.74) is 6.75. The molecule has 2 aromatic rings. The minimum atomic E-state index is -0.481. The van der Waals surface area contributed by atoms with E-state index in [4.69, 9.17) is 5.73 Å². The second kappa shape index (κ2) is 6.57. The van der Waals surface area contributed by atoms with Gasteiger partial charge < -0.3 is 10.8 Å². The topological polar surface area (TPSA) is 105 Å². The van der Waals surface area contributed by atoms with E-state index in [9.17, 15) is 14.7 Å². The summed E-state index contributed by atoms with van der Waals surface area (Å²) in [5.74, 6) is -0.768. The highest BCUT2D eigenvalue weighted by Crippen LogP contribution is 2.25. The fraction of sp³-hybridized carbons (Fsp3) is 0.267. The highest BCUT2D eigenvalue weighted by Gasteiger charge is 2.15. The van der Waals surface area contributed by atoms with Gasteiger partial charge in [0, 0.05) is 5.38 Å². The molecular weight excluding hydrogens is 302 g/mol. The molecule has 116 valence electrons. The Balaban J connectivity index is 2.16. The quantitative estimate of drug-likeness (QED) is 0.786. The van der Waals surface area contributed by atoms with E-state index in [0.717, 1.165) is 5.56 Å². The van der Waals surface area contributed by atoms with Gasteiger partial charge in [0.2, 0.25) is 5.91 Å². The van der Waals surface area contributed by atoms with Crippen molar-refractivity contribution in [1.29, 1.82) is 0 Å². The molecule has 22 heavy (non-hydrogen) atoms. The SMILES string of the molecule is CC(C)c1ccc(O)c(C(=O)Nc2nc(CC(N)=O)cs2)c1. The summed E-state index contributed by atoms with van der Waals surface area (Å²) in [6.45, 7) is 4.01. The molecule has 1 heterocycles. The standard InChI is InChI=1S/C15H17N3O3S/c1-8(2)9-3-4-12(19)11(5-9)14(21)18-15-17-10(7-22-15)6-13(16)20/h3-5,7-8,19H,6H2,1-2H3,(H2,16,20)(H,17,18,21).